The average molecular weight is 280 g/mol. The summed E-state index contributed by atoms with van der Waals surface area (Å²) in [7, 11) is 0. The van der Waals surface area contributed by atoms with E-state index in [1.165, 1.54) is 0 Å². The Morgan fingerprint density at radius 1 is 1.14 bits per heavy atom. The zero-order chi connectivity index (χ0) is 14.8. The molecule has 1 amide bonds. The third-order valence-electron chi connectivity index (χ3n) is 3.41. The van der Waals surface area contributed by atoms with E-state index in [-0.39, 0.29) is 0 Å². The molecule has 0 radical (unpaired) electrons. The van der Waals surface area contributed by atoms with Crippen molar-refractivity contribution in [2.24, 2.45) is 0 Å². The smallest absolute Gasteiger partial charge is 0.411 e. The van der Waals surface area contributed by atoms with Crippen LogP contribution in [-0.4, -0.2) is 17.7 Å². The van der Waals surface area contributed by atoms with Crippen LogP contribution in [-0.2, 0) is 4.74 Å². The van der Waals surface area contributed by atoms with E-state index in [2.05, 4.69) is 16.4 Å². The number of aromatic nitrogens is 1. The van der Waals surface area contributed by atoms with Crippen LogP contribution >= 0.6 is 0 Å². The van der Waals surface area contributed by atoms with E-state index in [4.69, 9.17) is 4.74 Å². The number of anilines is 1. The maximum atomic E-state index is 11.5. The molecular formula is C17H16N2O2. The number of benzene rings is 2. The molecule has 1 N–H and O–H groups in total. The Hall–Kier alpha value is -2.62. The van der Waals surface area contributed by atoms with E-state index >= 15 is 0 Å². The second-order valence-corrected chi connectivity index (χ2v) is 4.82. The van der Waals surface area contributed by atoms with E-state index in [1.54, 1.807) is 6.92 Å². The SMILES string of the molecule is CCOC(=O)Nc1ccc2c(c1)c(C)nc1ccccc12. The summed E-state index contributed by atoms with van der Waals surface area (Å²) in [4.78, 5) is 16.1. The lowest BCUT2D eigenvalue weighted by molar-refractivity contribution is 0.168. The van der Waals surface area contributed by atoms with Crippen molar-refractivity contribution in [1.82, 2.24) is 4.98 Å². The fourth-order valence-electron chi connectivity index (χ4n) is 2.48. The summed E-state index contributed by atoms with van der Waals surface area (Å²) in [6, 6.07) is 13.9. The Balaban J connectivity index is 2.11. The molecule has 21 heavy (non-hydrogen) atoms. The summed E-state index contributed by atoms with van der Waals surface area (Å²) in [5.74, 6) is 0. The van der Waals surface area contributed by atoms with Gasteiger partial charge < -0.3 is 4.74 Å². The number of hydrogen-bond acceptors (Lipinski definition) is 3. The summed E-state index contributed by atoms with van der Waals surface area (Å²) in [6.07, 6.45) is -0.441. The van der Waals surface area contributed by atoms with E-state index in [9.17, 15) is 4.79 Å². The van der Waals surface area contributed by atoms with Gasteiger partial charge in [0.05, 0.1) is 12.1 Å². The van der Waals surface area contributed by atoms with Crippen LogP contribution in [0.4, 0.5) is 10.5 Å². The normalized spacial score (nSPS) is 10.8. The summed E-state index contributed by atoms with van der Waals surface area (Å²) < 4.78 is 4.89. The number of nitrogens with zero attached hydrogens (tertiary/aromatic N) is 1. The molecule has 0 aliphatic rings. The molecule has 0 atom stereocenters. The summed E-state index contributed by atoms with van der Waals surface area (Å²) >= 11 is 0. The Labute approximate surface area is 122 Å². The zero-order valence-electron chi connectivity index (χ0n) is 12.0. The number of amides is 1. The van der Waals surface area contributed by atoms with Crippen molar-refractivity contribution in [3.05, 3.63) is 48.2 Å². The van der Waals surface area contributed by atoms with Crippen molar-refractivity contribution in [2.75, 3.05) is 11.9 Å². The van der Waals surface area contributed by atoms with Crippen LogP contribution in [0.15, 0.2) is 42.5 Å². The van der Waals surface area contributed by atoms with Crippen LogP contribution < -0.4 is 5.32 Å². The van der Waals surface area contributed by atoms with Crippen molar-refractivity contribution < 1.29 is 9.53 Å². The Bertz CT molecular complexity index is 827. The van der Waals surface area contributed by atoms with Crippen LogP contribution in [0.1, 0.15) is 12.6 Å². The first-order valence-electron chi connectivity index (χ1n) is 6.92. The Morgan fingerprint density at radius 3 is 2.76 bits per heavy atom. The van der Waals surface area contributed by atoms with Crippen LogP contribution in [0.25, 0.3) is 21.7 Å². The standard InChI is InChI=1S/C17H16N2O2/c1-3-21-17(20)19-12-8-9-13-14-6-4-5-7-16(14)18-11(2)15(13)10-12/h4-10H,3H2,1-2H3,(H,19,20). The highest BCUT2D eigenvalue weighted by Gasteiger charge is 2.08. The Kier molecular flexibility index (Phi) is 3.44. The molecule has 0 bridgehead atoms. The van der Waals surface area contributed by atoms with Crippen molar-refractivity contribution >= 4 is 33.5 Å². The largest absolute Gasteiger partial charge is 0.450 e. The van der Waals surface area contributed by atoms with E-state index < -0.39 is 6.09 Å². The second-order valence-electron chi connectivity index (χ2n) is 4.82. The number of pyridine rings is 1. The number of aryl methyl sites for hydroxylation is 1. The van der Waals surface area contributed by atoms with Crippen molar-refractivity contribution in [2.45, 2.75) is 13.8 Å². The van der Waals surface area contributed by atoms with Gasteiger partial charge in [0, 0.05) is 22.2 Å². The monoisotopic (exact) mass is 280 g/mol. The topological polar surface area (TPSA) is 51.2 Å². The first-order valence-corrected chi connectivity index (χ1v) is 6.92. The number of fused-ring (bicyclic) bond motifs is 3. The molecule has 4 heteroatoms. The molecule has 0 saturated heterocycles. The molecular weight excluding hydrogens is 264 g/mol. The van der Waals surface area contributed by atoms with Crippen LogP contribution in [0.5, 0.6) is 0 Å². The number of ether oxygens (including phenoxy) is 1. The fraction of sp³-hybridized carbons (Fsp3) is 0.176. The maximum absolute atomic E-state index is 11.5. The Morgan fingerprint density at radius 2 is 1.95 bits per heavy atom. The maximum Gasteiger partial charge on any atom is 0.411 e. The van der Waals surface area contributed by atoms with E-state index in [0.717, 1.165) is 27.4 Å². The number of hydrogen-bond donors (Lipinski definition) is 1. The average Bonchev–Trinajstić information content (AvgIpc) is 2.48. The summed E-state index contributed by atoms with van der Waals surface area (Å²) in [6.45, 7) is 4.10. The minimum atomic E-state index is -0.441. The minimum absolute atomic E-state index is 0.352. The molecule has 1 aromatic heterocycles. The van der Waals surface area contributed by atoms with Crippen LogP contribution in [0.3, 0.4) is 0 Å². The lowest BCUT2D eigenvalue weighted by atomic mass is 10.0. The molecule has 0 unspecified atom stereocenters. The lowest BCUT2D eigenvalue weighted by Gasteiger charge is -2.10. The lowest BCUT2D eigenvalue weighted by Crippen LogP contribution is -2.13. The number of nitrogens with one attached hydrogen (secondary N) is 1. The van der Waals surface area contributed by atoms with Gasteiger partial charge in [-0.15, -0.1) is 0 Å². The highest BCUT2D eigenvalue weighted by atomic mass is 16.5. The molecule has 0 spiro atoms. The summed E-state index contributed by atoms with van der Waals surface area (Å²) in [5.41, 5.74) is 2.63. The third kappa shape index (κ3) is 2.52. The van der Waals surface area contributed by atoms with Gasteiger partial charge in [-0.2, -0.15) is 0 Å². The van der Waals surface area contributed by atoms with Crippen molar-refractivity contribution in [3.8, 4) is 0 Å². The van der Waals surface area contributed by atoms with Gasteiger partial charge in [0.25, 0.3) is 0 Å². The molecule has 4 nitrogen and oxygen atoms in total. The molecule has 0 fully saturated rings. The van der Waals surface area contributed by atoms with Gasteiger partial charge in [-0.05, 0) is 37.4 Å². The number of carbonyl (C=O) groups excluding carboxylic acids is 1. The highest BCUT2D eigenvalue weighted by Crippen LogP contribution is 2.28. The van der Waals surface area contributed by atoms with Crippen molar-refractivity contribution in [1.29, 1.82) is 0 Å². The van der Waals surface area contributed by atoms with Gasteiger partial charge >= 0.3 is 6.09 Å². The van der Waals surface area contributed by atoms with Crippen LogP contribution in [0.2, 0.25) is 0 Å². The molecule has 3 aromatic rings. The fourth-order valence-corrected chi connectivity index (χ4v) is 2.48. The molecule has 1 heterocycles. The van der Waals surface area contributed by atoms with Gasteiger partial charge in [0.15, 0.2) is 0 Å². The quantitative estimate of drug-likeness (QED) is 0.713. The third-order valence-corrected chi connectivity index (χ3v) is 3.41. The van der Waals surface area contributed by atoms with Gasteiger partial charge in [-0.25, -0.2) is 4.79 Å². The molecule has 3 rings (SSSR count). The predicted octanol–water partition coefficient (Wildman–Crippen LogP) is 4.26. The van der Waals surface area contributed by atoms with E-state index in [0.29, 0.717) is 12.3 Å². The molecule has 106 valence electrons. The molecule has 0 saturated carbocycles. The number of carbonyl (C=O) groups is 1. The minimum Gasteiger partial charge on any atom is -0.450 e. The molecule has 0 aliphatic carbocycles. The number of para-hydroxylation sites is 1. The van der Waals surface area contributed by atoms with Gasteiger partial charge in [-0.3, -0.25) is 10.3 Å². The zero-order valence-corrected chi connectivity index (χ0v) is 12.0. The number of rotatable bonds is 2. The first-order chi connectivity index (χ1) is 10.2. The predicted molar refractivity (Wildman–Crippen MR) is 84.6 cm³/mol. The molecule has 2 aromatic carbocycles. The van der Waals surface area contributed by atoms with Gasteiger partial charge in [0.1, 0.15) is 0 Å². The van der Waals surface area contributed by atoms with Crippen LogP contribution in [0, 0.1) is 6.92 Å². The van der Waals surface area contributed by atoms with Gasteiger partial charge in [0.2, 0.25) is 0 Å². The summed E-state index contributed by atoms with van der Waals surface area (Å²) in [5, 5.41) is 6.00. The molecule has 0 aliphatic heterocycles. The van der Waals surface area contributed by atoms with E-state index in [1.807, 2.05) is 43.3 Å². The van der Waals surface area contributed by atoms with Crippen molar-refractivity contribution in [3.63, 3.8) is 0 Å². The first kappa shape index (κ1) is 13.4. The highest BCUT2D eigenvalue weighted by molar-refractivity contribution is 6.07. The van der Waals surface area contributed by atoms with Gasteiger partial charge in [-0.1, -0.05) is 24.3 Å². The second kappa shape index (κ2) is 5.40.